The highest BCUT2D eigenvalue weighted by Gasteiger charge is 2.21. The zero-order valence-electron chi connectivity index (χ0n) is 13.6. The highest BCUT2D eigenvalue weighted by Crippen LogP contribution is 2.24. The number of pyridine rings is 2. The van der Waals surface area contributed by atoms with Crippen molar-refractivity contribution < 1.29 is 14.3 Å². The normalized spacial score (nSPS) is 10.9. The Labute approximate surface area is 151 Å². The largest absolute Gasteiger partial charge is 0.466 e. The van der Waals surface area contributed by atoms with Crippen molar-refractivity contribution in [2.45, 2.75) is 13.8 Å². The second kappa shape index (κ2) is 6.77. The Morgan fingerprint density at radius 1 is 1.40 bits per heavy atom. The number of aromatic nitrogens is 4. The van der Waals surface area contributed by atoms with Crippen LogP contribution in [0.2, 0.25) is 5.15 Å². The molecule has 10 heteroatoms. The van der Waals surface area contributed by atoms with E-state index in [4.69, 9.17) is 21.1 Å². The summed E-state index contributed by atoms with van der Waals surface area (Å²) in [5.74, 6) is -0.714. The van der Waals surface area contributed by atoms with Crippen LogP contribution in [0.3, 0.4) is 0 Å². The van der Waals surface area contributed by atoms with Crippen LogP contribution in [0, 0.1) is 6.92 Å². The number of carbonyl (C=O) groups excluding carboxylic acids is 1. The van der Waals surface area contributed by atoms with Gasteiger partial charge in [-0.1, -0.05) is 11.6 Å². The molecule has 0 spiro atoms. The lowest BCUT2D eigenvalue weighted by atomic mass is 10.1. The number of methoxy groups -OCH3 is 1. The number of carbonyl (C=O) groups is 1. The van der Waals surface area contributed by atoms with Crippen molar-refractivity contribution in [2.24, 2.45) is 0 Å². The molecule has 0 aromatic carbocycles. The molecule has 0 saturated heterocycles. The predicted octanol–water partition coefficient (Wildman–Crippen LogP) is 2.38. The summed E-state index contributed by atoms with van der Waals surface area (Å²) >= 11 is 7.08. The molecule has 3 aromatic heterocycles. The Kier molecular flexibility index (Phi) is 4.69. The van der Waals surface area contributed by atoms with Gasteiger partial charge in [0.25, 0.3) is 0 Å². The van der Waals surface area contributed by atoms with E-state index < -0.39 is 11.4 Å². The minimum Gasteiger partial charge on any atom is -0.466 e. The molecule has 8 nitrogen and oxygen atoms in total. The fraction of sp³-hybridized carbons (Fsp3) is 0.267. The van der Waals surface area contributed by atoms with E-state index in [0.717, 1.165) is 11.5 Å². The van der Waals surface area contributed by atoms with Gasteiger partial charge in [0.05, 0.1) is 19.1 Å². The van der Waals surface area contributed by atoms with Crippen LogP contribution >= 0.6 is 23.1 Å². The molecule has 0 aliphatic rings. The van der Waals surface area contributed by atoms with Gasteiger partial charge in [-0.3, -0.25) is 9.36 Å². The van der Waals surface area contributed by atoms with Crippen molar-refractivity contribution in [1.29, 1.82) is 0 Å². The SMILES string of the molecule is CCOC(=O)c1cn(-c2nc(OC)ns2)c2nc(Cl)cc(C)c2c1=O. The molecule has 0 radical (unpaired) electrons. The Morgan fingerprint density at radius 3 is 2.80 bits per heavy atom. The van der Waals surface area contributed by atoms with Crippen LogP contribution in [0.1, 0.15) is 22.8 Å². The molecule has 130 valence electrons. The van der Waals surface area contributed by atoms with Gasteiger partial charge in [0, 0.05) is 17.7 Å². The van der Waals surface area contributed by atoms with Crippen LogP contribution in [-0.4, -0.2) is 38.6 Å². The molecule has 0 atom stereocenters. The van der Waals surface area contributed by atoms with E-state index in [1.54, 1.807) is 19.9 Å². The van der Waals surface area contributed by atoms with Crippen LogP contribution in [-0.2, 0) is 4.74 Å². The summed E-state index contributed by atoms with van der Waals surface area (Å²) in [6.45, 7) is 3.54. The summed E-state index contributed by atoms with van der Waals surface area (Å²) in [6, 6.07) is 1.73. The fourth-order valence-electron chi connectivity index (χ4n) is 2.34. The number of nitrogens with zero attached hydrogens (tertiary/aromatic N) is 4. The monoisotopic (exact) mass is 380 g/mol. The van der Waals surface area contributed by atoms with Crippen LogP contribution in [0.5, 0.6) is 6.01 Å². The van der Waals surface area contributed by atoms with Crippen molar-refractivity contribution in [1.82, 2.24) is 18.9 Å². The second-order valence-corrected chi connectivity index (χ2v) is 6.10. The quantitative estimate of drug-likeness (QED) is 0.506. The number of halogens is 1. The van der Waals surface area contributed by atoms with Gasteiger partial charge in [0.15, 0.2) is 5.65 Å². The van der Waals surface area contributed by atoms with Crippen molar-refractivity contribution in [2.75, 3.05) is 13.7 Å². The first-order chi connectivity index (χ1) is 12.0. The van der Waals surface area contributed by atoms with Gasteiger partial charge in [-0.05, 0) is 25.5 Å². The van der Waals surface area contributed by atoms with E-state index in [1.807, 2.05) is 0 Å². The van der Waals surface area contributed by atoms with Crippen LogP contribution < -0.4 is 10.2 Å². The summed E-state index contributed by atoms with van der Waals surface area (Å²) in [5.41, 5.74) is 0.289. The summed E-state index contributed by atoms with van der Waals surface area (Å²) in [4.78, 5) is 33.4. The standard InChI is InChI=1S/C15H13ClN4O4S/c1-4-24-13(22)8-6-20(15-18-14(23-3)19-25-15)12-10(11(8)21)7(2)5-9(16)17-12/h5-6H,4H2,1-3H3. The van der Waals surface area contributed by atoms with E-state index in [2.05, 4.69) is 14.3 Å². The molecule has 0 unspecified atom stereocenters. The topological polar surface area (TPSA) is 96.2 Å². The average molecular weight is 381 g/mol. The van der Waals surface area contributed by atoms with Gasteiger partial charge in [0.1, 0.15) is 10.7 Å². The molecule has 25 heavy (non-hydrogen) atoms. The van der Waals surface area contributed by atoms with E-state index in [1.165, 1.54) is 17.9 Å². The van der Waals surface area contributed by atoms with E-state index >= 15 is 0 Å². The molecule has 0 bridgehead atoms. The molecule has 3 aromatic rings. The van der Waals surface area contributed by atoms with Crippen molar-refractivity contribution >= 4 is 40.1 Å². The minimum atomic E-state index is -0.714. The number of esters is 1. The van der Waals surface area contributed by atoms with E-state index in [-0.39, 0.29) is 34.4 Å². The van der Waals surface area contributed by atoms with Crippen molar-refractivity contribution in [3.05, 3.63) is 38.8 Å². The van der Waals surface area contributed by atoms with Gasteiger partial charge in [0.2, 0.25) is 10.6 Å². The van der Waals surface area contributed by atoms with E-state index in [0.29, 0.717) is 10.7 Å². The van der Waals surface area contributed by atoms with Gasteiger partial charge in [-0.2, -0.15) is 4.98 Å². The molecule has 0 saturated carbocycles. The maximum Gasteiger partial charge on any atom is 0.343 e. The fourth-order valence-corrected chi connectivity index (χ4v) is 3.20. The number of hydrogen-bond acceptors (Lipinski definition) is 8. The van der Waals surface area contributed by atoms with Gasteiger partial charge in [-0.25, -0.2) is 9.78 Å². The number of ether oxygens (including phenoxy) is 2. The Hall–Kier alpha value is -2.52. The Bertz CT molecular complexity index is 1030. The third kappa shape index (κ3) is 3.08. The van der Waals surface area contributed by atoms with Crippen molar-refractivity contribution in [3.63, 3.8) is 0 Å². The first-order valence-corrected chi connectivity index (χ1v) is 8.39. The first kappa shape index (κ1) is 17.3. The lowest BCUT2D eigenvalue weighted by molar-refractivity contribution is 0.0524. The third-order valence-electron chi connectivity index (χ3n) is 3.41. The first-order valence-electron chi connectivity index (χ1n) is 7.24. The summed E-state index contributed by atoms with van der Waals surface area (Å²) in [7, 11) is 1.44. The van der Waals surface area contributed by atoms with Gasteiger partial charge < -0.3 is 9.47 Å². The molecule has 0 aliphatic heterocycles. The van der Waals surface area contributed by atoms with Gasteiger partial charge >= 0.3 is 12.0 Å². The molecule has 3 rings (SSSR count). The van der Waals surface area contributed by atoms with Crippen LogP contribution in [0.4, 0.5) is 0 Å². The molecule has 3 heterocycles. The Balaban J connectivity index is 2.39. The molecular weight excluding hydrogens is 368 g/mol. The number of hydrogen-bond donors (Lipinski definition) is 0. The third-order valence-corrected chi connectivity index (χ3v) is 4.30. The maximum absolute atomic E-state index is 12.8. The Morgan fingerprint density at radius 2 is 2.16 bits per heavy atom. The minimum absolute atomic E-state index is 0.115. The molecule has 0 aliphatic carbocycles. The summed E-state index contributed by atoms with van der Waals surface area (Å²) in [6.07, 6.45) is 1.34. The van der Waals surface area contributed by atoms with E-state index in [9.17, 15) is 9.59 Å². The highest BCUT2D eigenvalue weighted by atomic mass is 35.5. The molecule has 0 N–H and O–H groups in total. The zero-order valence-corrected chi connectivity index (χ0v) is 15.1. The number of rotatable bonds is 4. The van der Waals surface area contributed by atoms with Crippen LogP contribution in [0.15, 0.2) is 17.1 Å². The molecule has 0 fully saturated rings. The highest BCUT2D eigenvalue weighted by molar-refractivity contribution is 7.08. The molecular formula is C15H13ClN4O4S. The predicted molar refractivity (Wildman–Crippen MR) is 93.1 cm³/mol. The van der Waals surface area contributed by atoms with Crippen molar-refractivity contribution in [3.8, 4) is 11.1 Å². The number of aryl methyl sites for hydroxylation is 1. The smallest absolute Gasteiger partial charge is 0.343 e. The van der Waals surface area contributed by atoms with Gasteiger partial charge in [-0.15, -0.1) is 4.37 Å². The average Bonchev–Trinajstić information content (AvgIpc) is 3.03. The number of fused-ring (bicyclic) bond motifs is 1. The summed E-state index contributed by atoms with van der Waals surface area (Å²) in [5, 5.41) is 0.865. The second-order valence-electron chi connectivity index (χ2n) is 4.99. The lowest BCUT2D eigenvalue weighted by Gasteiger charge is -2.11. The van der Waals surface area contributed by atoms with Crippen LogP contribution in [0.25, 0.3) is 16.2 Å². The summed E-state index contributed by atoms with van der Waals surface area (Å²) < 4.78 is 15.5. The molecule has 0 amide bonds. The maximum atomic E-state index is 12.8. The lowest BCUT2D eigenvalue weighted by Crippen LogP contribution is -2.21. The zero-order chi connectivity index (χ0) is 18.1.